The van der Waals surface area contributed by atoms with Gasteiger partial charge >= 0.3 is 0 Å². The van der Waals surface area contributed by atoms with Crippen LogP contribution in [0.15, 0.2) is 226 Å². The smallest absolute Gasteiger partial charge is 0.164 e. The molecule has 6 nitrogen and oxygen atoms in total. The zero-order chi connectivity index (χ0) is 45.7. The highest BCUT2D eigenvalue weighted by atomic mass is 16.3. The van der Waals surface area contributed by atoms with Gasteiger partial charge in [0.2, 0.25) is 0 Å². The Kier molecular flexibility index (Phi) is 7.45. The molecule has 0 N–H and O–H groups in total. The van der Waals surface area contributed by atoms with Gasteiger partial charge in [-0.25, -0.2) is 15.0 Å². The maximum absolute atomic E-state index is 6.67. The second-order valence-electron chi connectivity index (χ2n) is 18.5. The molecular weight excluding hydrogens is 859 g/mol. The number of nitrogens with zero attached hydrogens (tertiary/aromatic N) is 3. The van der Waals surface area contributed by atoms with E-state index < -0.39 is 5.41 Å². The Labute approximate surface area is 399 Å². The summed E-state index contributed by atoms with van der Waals surface area (Å²) in [6.07, 6.45) is 0. The molecule has 0 unspecified atom stereocenters. The second kappa shape index (κ2) is 13.8. The molecule has 4 aromatic heterocycles. The molecule has 14 aromatic rings. The second-order valence-corrected chi connectivity index (χ2v) is 18.5. The van der Waals surface area contributed by atoms with Crippen LogP contribution in [0.3, 0.4) is 0 Å². The lowest BCUT2D eigenvalue weighted by atomic mass is 9.70. The summed E-state index contributed by atoms with van der Waals surface area (Å²) in [4.78, 5) is 16.0. The van der Waals surface area contributed by atoms with Crippen molar-refractivity contribution in [3.05, 3.63) is 235 Å². The fourth-order valence-corrected chi connectivity index (χ4v) is 12.0. The molecule has 0 amide bonds. The van der Waals surface area contributed by atoms with Crippen LogP contribution in [0.5, 0.6) is 0 Å². The monoisotopic (exact) mass is 893 g/mol. The van der Waals surface area contributed by atoms with Crippen molar-refractivity contribution in [1.82, 2.24) is 15.0 Å². The quantitative estimate of drug-likeness (QED) is 0.175. The molecule has 1 spiro atoms. The fourth-order valence-electron chi connectivity index (χ4n) is 12.0. The zero-order valence-corrected chi connectivity index (χ0v) is 37.3. The van der Waals surface area contributed by atoms with E-state index in [0.29, 0.717) is 17.5 Å². The minimum absolute atomic E-state index is 0.395. The molecule has 4 heterocycles. The van der Waals surface area contributed by atoms with Crippen molar-refractivity contribution in [2.24, 2.45) is 0 Å². The molecule has 16 rings (SSSR count). The van der Waals surface area contributed by atoms with Gasteiger partial charge in [0, 0.05) is 49.0 Å². The molecule has 0 bridgehead atoms. The lowest BCUT2D eigenvalue weighted by Gasteiger charge is -2.30. The lowest BCUT2D eigenvalue weighted by Crippen LogP contribution is -2.25. The van der Waals surface area contributed by atoms with Gasteiger partial charge in [-0.3, -0.25) is 0 Å². The maximum atomic E-state index is 6.67. The van der Waals surface area contributed by atoms with Crippen molar-refractivity contribution in [3.63, 3.8) is 0 Å². The van der Waals surface area contributed by atoms with Crippen LogP contribution < -0.4 is 0 Å². The number of fused-ring (bicyclic) bond motifs is 19. The third kappa shape index (κ3) is 5.03. The van der Waals surface area contributed by atoms with E-state index in [1.807, 2.05) is 72.8 Å². The van der Waals surface area contributed by atoms with Gasteiger partial charge in [0.05, 0.1) is 5.41 Å². The van der Waals surface area contributed by atoms with Crippen molar-refractivity contribution in [3.8, 4) is 67.5 Å². The van der Waals surface area contributed by atoms with E-state index in [9.17, 15) is 0 Å². The minimum Gasteiger partial charge on any atom is -0.456 e. The molecule has 0 radical (unpaired) electrons. The molecule has 2 aliphatic rings. The van der Waals surface area contributed by atoms with E-state index in [4.69, 9.17) is 28.2 Å². The zero-order valence-electron chi connectivity index (χ0n) is 37.3. The van der Waals surface area contributed by atoms with Crippen LogP contribution in [-0.2, 0) is 5.41 Å². The van der Waals surface area contributed by atoms with Gasteiger partial charge in [-0.15, -0.1) is 0 Å². The molecular formula is C64H35N3O3. The number of hydrogen-bond acceptors (Lipinski definition) is 6. The molecule has 6 heteroatoms. The van der Waals surface area contributed by atoms with Gasteiger partial charge in [-0.05, 0) is 116 Å². The summed E-state index contributed by atoms with van der Waals surface area (Å²) in [6, 6.07) is 75.0. The topological polar surface area (TPSA) is 78.1 Å². The third-order valence-electron chi connectivity index (χ3n) is 15.0. The molecule has 0 atom stereocenters. The fraction of sp³-hybridized carbons (Fsp3) is 0.0156. The standard InChI is InChI=1S/C64H35N3O3/c1-6-20-49-39(13-1)40-14-2-7-21-50(40)64(49)51-22-8-3-15-41(51)46-33-36(27-30-52(46)64)37-28-31-56-48(34-37)60-45(19-12-26-58(60)70-56)63-66-61(38-29-32-55-47(35-38)42-16-4-9-23-53(42)68-55)65-62(67-63)44-18-11-25-57-59(44)43-17-5-10-24-54(43)69-57/h1-35H. The van der Waals surface area contributed by atoms with Crippen molar-refractivity contribution >= 4 is 65.8 Å². The molecule has 0 fully saturated rings. The van der Waals surface area contributed by atoms with Crippen LogP contribution in [0.1, 0.15) is 22.3 Å². The van der Waals surface area contributed by atoms with Crippen LogP contribution in [0.2, 0.25) is 0 Å². The highest BCUT2D eigenvalue weighted by molar-refractivity contribution is 6.14. The summed E-state index contributed by atoms with van der Waals surface area (Å²) in [5, 5.41) is 5.92. The predicted molar refractivity (Wildman–Crippen MR) is 280 cm³/mol. The number of aromatic nitrogens is 3. The van der Waals surface area contributed by atoms with E-state index in [2.05, 4.69) is 140 Å². The summed E-state index contributed by atoms with van der Waals surface area (Å²) in [7, 11) is 0. The number of para-hydroxylation sites is 2. The Morgan fingerprint density at radius 3 is 1.34 bits per heavy atom. The number of benzene rings is 10. The van der Waals surface area contributed by atoms with Gasteiger partial charge in [-0.1, -0.05) is 152 Å². The van der Waals surface area contributed by atoms with Crippen LogP contribution in [0.25, 0.3) is 133 Å². The Hall–Kier alpha value is -9.39. The van der Waals surface area contributed by atoms with Gasteiger partial charge in [0.1, 0.15) is 33.5 Å². The Bertz CT molecular complexity index is 4530. The first-order chi connectivity index (χ1) is 34.7. The first kappa shape index (κ1) is 37.7. The van der Waals surface area contributed by atoms with Crippen LogP contribution in [0, 0.1) is 0 Å². The average Bonchev–Trinajstić information content (AvgIpc) is 4.23. The van der Waals surface area contributed by atoms with Crippen molar-refractivity contribution in [2.45, 2.75) is 5.41 Å². The van der Waals surface area contributed by atoms with Crippen molar-refractivity contribution < 1.29 is 13.3 Å². The van der Waals surface area contributed by atoms with Crippen LogP contribution in [-0.4, -0.2) is 15.0 Å². The molecule has 2 aliphatic carbocycles. The SMILES string of the molecule is c1ccc2c(c1)-c1ccccc1C21c2ccccc2-c2cc(-c3ccc4oc5cccc(-c6nc(-c7ccc8oc9ccccc9c8c7)nc(-c7cccc8oc9ccccc9c78)n6)c5c4c3)ccc21. The molecule has 324 valence electrons. The largest absolute Gasteiger partial charge is 0.456 e. The first-order valence-corrected chi connectivity index (χ1v) is 23.7. The van der Waals surface area contributed by atoms with E-state index >= 15 is 0 Å². The summed E-state index contributed by atoms with van der Waals surface area (Å²) < 4.78 is 19.3. The average molecular weight is 894 g/mol. The lowest BCUT2D eigenvalue weighted by molar-refractivity contribution is 0.668. The number of furan rings is 3. The van der Waals surface area contributed by atoms with Crippen LogP contribution >= 0.6 is 0 Å². The molecule has 10 aromatic carbocycles. The van der Waals surface area contributed by atoms with Crippen LogP contribution in [0.4, 0.5) is 0 Å². The molecule has 0 saturated carbocycles. The predicted octanol–water partition coefficient (Wildman–Crippen LogP) is 16.6. The van der Waals surface area contributed by atoms with E-state index in [1.165, 1.54) is 44.5 Å². The van der Waals surface area contributed by atoms with Gasteiger partial charge in [0.25, 0.3) is 0 Å². The Balaban J connectivity index is 0.895. The summed E-state index contributed by atoms with van der Waals surface area (Å²) in [6.45, 7) is 0. The normalized spacial score (nSPS) is 13.3. The third-order valence-corrected chi connectivity index (χ3v) is 15.0. The summed E-state index contributed by atoms with van der Waals surface area (Å²) in [5.74, 6) is 1.63. The first-order valence-electron chi connectivity index (χ1n) is 23.7. The van der Waals surface area contributed by atoms with E-state index in [-0.39, 0.29) is 0 Å². The number of hydrogen-bond donors (Lipinski definition) is 0. The Morgan fingerprint density at radius 2 is 0.671 bits per heavy atom. The molecule has 70 heavy (non-hydrogen) atoms. The van der Waals surface area contributed by atoms with E-state index in [0.717, 1.165) is 93.6 Å². The van der Waals surface area contributed by atoms with Gasteiger partial charge < -0.3 is 13.3 Å². The maximum Gasteiger partial charge on any atom is 0.164 e. The van der Waals surface area contributed by atoms with Gasteiger partial charge in [-0.2, -0.15) is 0 Å². The van der Waals surface area contributed by atoms with E-state index in [1.54, 1.807) is 0 Å². The van der Waals surface area contributed by atoms with Gasteiger partial charge in [0.15, 0.2) is 17.5 Å². The molecule has 0 aliphatic heterocycles. The summed E-state index contributed by atoms with van der Waals surface area (Å²) in [5.41, 5.74) is 19.6. The van der Waals surface area contributed by atoms with Crippen molar-refractivity contribution in [2.75, 3.05) is 0 Å². The highest BCUT2D eigenvalue weighted by Crippen LogP contribution is 2.63. The van der Waals surface area contributed by atoms with Crippen molar-refractivity contribution in [1.29, 1.82) is 0 Å². The minimum atomic E-state index is -0.395. The Morgan fingerprint density at radius 1 is 0.257 bits per heavy atom. The molecule has 0 saturated heterocycles. The summed E-state index contributed by atoms with van der Waals surface area (Å²) >= 11 is 0. The number of rotatable bonds is 4. The highest BCUT2D eigenvalue weighted by Gasteiger charge is 2.51.